The average Bonchev–Trinajstić information content (AvgIpc) is 1.94. The zero-order chi connectivity index (χ0) is 7.56. The molecule has 0 saturated heterocycles. The van der Waals surface area contributed by atoms with Gasteiger partial charge in [-0.25, -0.2) is 0 Å². The van der Waals surface area contributed by atoms with Gasteiger partial charge in [0.25, 0.3) is 0 Å². The maximum atomic E-state index is 8.55. The molecule has 0 radical (unpaired) electrons. The van der Waals surface area contributed by atoms with Gasteiger partial charge in [-0.3, -0.25) is 4.98 Å². The lowest BCUT2D eigenvalue weighted by molar-refractivity contribution is 1.15. The van der Waals surface area contributed by atoms with Gasteiger partial charge in [-0.15, -0.1) is 0 Å². The zero-order valence-electron chi connectivity index (χ0n) is 6.05. The van der Waals surface area contributed by atoms with Crippen LogP contribution in [0.1, 0.15) is 16.8 Å². The monoisotopic (exact) mass is 132 g/mol. The van der Waals surface area contributed by atoms with Crippen LogP contribution in [0, 0.1) is 25.2 Å². The lowest BCUT2D eigenvalue weighted by Crippen LogP contribution is -1.87. The van der Waals surface area contributed by atoms with Gasteiger partial charge < -0.3 is 0 Å². The van der Waals surface area contributed by atoms with Crippen LogP contribution in [0.25, 0.3) is 0 Å². The molecule has 0 atom stereocenters. The van der Waals surface area contributed by atoms with Gasteiger partial charge in [-0.05, 0) is 25.5 Å². The van der Waals surface area contributed by atoms with Gasteiger partial charge >= 0.3 is 0 Å². The van der Waals surface area contributed by atoms with E-state index in [-0.39, 0.29) is 0 Å². The summed E-state index contributed by atoms with van der Waals surface area (Å²) >= 11 is 0. The summed E-state index contributed by atoms with van der Waals surface area (Å²) in [5.74, 6) is 0. The summed E-state index contributed by atoms with van der Waals surface area (Å²) in [5.41, 5.74) is 2.50. The fourth-order valence-corrected chi connectivity index (χ4v) is 0.751. The first-order valence-corrected chi connectivity index (χ1v) is 3.07. The number of rotatable bonds is 0. The molecule has 2 nitrogen and oxygen atoms in total. The van der Waals surface area contributed by atoms with Crippen molar-refractivity contribution in [1.82, 2.24) is 4.98 Å². The quantitative estimate of drug-likeness (QED) is 0.537. The Morgan fingerprint density at radius 3 is 2.70 bits per heavy atom. The molecule has 0 aliphatic heterocycles. The summed E-state index contributed by atoms with van der Waals surface area (Å²) in [6.45, 7) is 3.76. The molecule has 1 heterocycles. The van der Waals surface area contributed by atoms with E-state index in [0.29, 0.717) is 5.56 Å². The van der Waals surface area contributed by atoms with E-state index >= 15 is 0 Å². The van der Waals surface area contributed by atoms with E-state index in [9.17, 15) is 0 Å². The number of hydrogen-bond donors (Lipinski definition) is 0. The molecule has 0 unspecified atom stereocenters. The van der Waals surface area contributed by atoms with E-state index in [1.54, 1.807) is 6.20 Å². The number of aromatic nitrogens is 1. The lowest BCUT2D eigenvalue weighted by atomic mass is 10.2. The molecule has 10 heavy (non-hydrogen) atoms. The smallest absolute Gasteiger partial charge is 0.101 e. The molecule has 50 valence electrons. The Kier molecular flexibility index (Phi) is 1.68. The van der Waals surface area contributed by atoms with Crippen molar-refractivity contribution < 1.29 is 0 Å². The van der Waals surface area contributed by atoms with Crippen molar-refractivity contribution in [1.29, 1.82) is 5.26 Å². The molecule has 0 bridgehead atoms. The van der Waals surface area contributed by atoms with E-state index in [1.165, 1.54) is 0 Å². The summed E-state index contributed by atoms with van der Waals surface area (Å²) in [7, 11) is 0. The minimum atomic E-state index is 0.667. The predicted molar refractivity (Wildman–Crippen MR) is 38.4 cm³/mol. The molecule has 0 aliphatic carbocycles. The van der Waals surface area contributed by atoms with Crippen molar-refractivity contribution in [2.45, 2.75) is 13.8 Å². The van der Waals surface area contributed by atoms with Crippen molar-refractivity contribution in [2.24, 2.45) is 0 Å². The van der Waals surface area contributed by atoms with E-state index < -0.39 is 0 Å². The first-order valence-electron chi connectivity index (χ1n) is 3.07. The third kappa shape index (κ3) is 1.14. The molecular formula is C8H8N2. The summed E-state index contributed by atoms with van der Waals surface area (Å²) in [6.07, 6.45) is 1.76. The minimum Gasteiger partial charge on any atom is -0.260 e. The molecule has 0 N–H and O–H groups in total. The maximum Gasteiger partial charge on any atom is 0.101 e. The normalized spacial score (nSPS) is 8.90. The Balaban J connectivity index is 3.25. The SMILES string of the molecule is Cc1cnc(C)c(C#N)c1. The molecule has 2 heteroatoms. The highest BCUT2D eigenvalue weighted by molar-refractivity contribution is 5.34. The van der Waals surface area contributed by atoms with E-state index in [2.05, 4.69) is 11.1 Å². The molecule has 0 spiro atoms. The van der Waals surface area contributed by atoms with E-state index in [4.69, 9.17) is 5.26 Å². The molecule has 1 rings (SSSR count). The molecule has 0 amide bonds. The van der Waals surface area contributed by atoms with E-state index in [1.807, 2.05) is 19.9 Å². The predicted octanol–water partition coefficient (Wildman–Crippen LogP) is 1.57. The number of aryl methyl sites for hydroxylation is 2. The Bertz CT molecular complexity index is 284. The first-order chi connectivity index (χ1) is 4.74. The molecular weight excluding hydrogens is 124 g/mol. The van der Waals surface area contributed by atoms with Crippen LogP contribution in [0.2, 0.25) is 0 Å². The number of pyridine rings is 1. The molecule has 1 aromatic rings. The van der Waals surface area contributed by atoms with Crippen molar-refractivity contribution in [3.8, 4) is 6.07 Å². The number of nitrogens with zero attached hydrogens (tertiary/aromatic N) is 2. The summed E-state index contributed by atoms with van der Waals surface area (Å²) < 4.78 is 0. The lowest BCUT2D eigenvalue weighted by Gasteiger charge is -1.95. The van der Waals surface area contributed by atoms with Gasteiger partial charge in [0.1, 0.15) is 6.07 Å². The van der Waals surface area contributed by atoms with Crippen LogP contribution in [0.5, 0.6) is 0 Å². The Labute approximate surface area is 60.1 Å². The fraction of sp³-hybridized carbons (Fsp3) is 0.250. The number of nitriles is 1. The van der Waals surface area contributed by atoms with Crippen molar-refractivity contribution in [3.05, 3.63) is 29.1 Å². The van der Waals surface area contributed by atoms with Gasteiger partial charge in [0.15, 0.2) is 0 Å². The summed E-state index contributed by atoms with van der Waals surface area (Å²) in [6, 6.07) is 3.91. The third-order valence-electron chi connectivity index (χ3n) is 1.34. The van der Waals surface area contributed by atoms with Gasteiger partial charge in [0.05, 0.1) is 11.3 Å². The van der Waals surface area contributed by atoms with Crippen LogP contribution in [-0.4, -0.2) is 4.98 Å². The second-order valence-corrected chi connectivity index (χ2v) is 2.26. The van der Waals surface area contributed by atoms with Gasteiger partial charge in [-0.2, -0.15) is 5.26 Å². The Morgan fingerprint density at radius 1 is 1.50 bits per heavy atom. The second-order valence-electron chi connectivity index (χ2n) is 2.26. The topological polar surface area (TPSA) is 36.7 Å². The van der Waals surface area contributed by atoms with E-state index in [0.717, 1.165) is 11.3 Å². The fourth-order valence-electron chi connectivity index (χ4n) is 0.751. The van der Waals surface area contributed by atoms with Gasteiger partial charge in [0, 0.05) is 6.20 Å². The Morgan fingerprint density at radius 2 is 2.20 bits per heavy atom. The van der Waals surface area contributed by atoms with Gasteiger partial charge in [-0.1, -0.05) is 0 Å². The van der Waals surface area contributed by atoms with Crippen molar-refractivity contribution in [2.75, 3.05) is 0 Å². The standard InChI is InChI=1S/C8H8N2/c1-6-3-8(4-9)7(2)10-5-6/h3,5H,1-2H3. The highest BCUT2D eigenvalue weighted by atomic mass is 14.7. The van der Waals surface area contributed by atoms with Crippen LogP contribution in [0.3, 0.4) is 0 Å². The molecule has 0 saturated carbocycles. The van der Waals surface area contributed by atoms with Crippen LogP contribution < -0.4 is 0 Å². The molecule has 0 fully saturated rings. The average molecular weight is 132 g/mol. The highest BCUT2D eigenvalue weighted by Crippen LogP contribution is 2.04. The maximum absolute atomic E-state index is 8.55. The highest BCUT2D eigenvalue weighted by Gasteiger charge is 1.95. The summed E-state index contributed by atoms with van der Waals surface area (Å²) in [5, 5.41) is 8.55. The summed E-state index contributed by atoms with van der Waals surface area (Å²) in [4.78, 5) is 4.03. The molecule has 0 aliphatic rings. The molecule has 1 aromatic heterocycles. The third-order valence-corrected chi connectivity index (χ3v) is 1.34. The van der Waals surface area contributed by atoms with Crippen molar-refractivity contribution in [3.63, 3.8) is 0 Å². The molecule has 0 aromatic carbocycles. The van der Waals surface area contributed by atoms with Crippen LogP contribution in [0.15, 0.2) is 12.3 Å². The largest absolute Gasteiger partial charge is 0.260 e. The van der Waals surface area contributed by atoms with Gasteiger partial charge in [0.2, 0.25) is 0 Å². The minimum absolute atomic E-state index is 0.667. The number of hydrogen-bond acceptors (Lipinski definition) is 2. The van der Waals surface area contributed by atoms with Crippen molar-refractivity contribution >= 4 is 0 Å². The van der Waals surface area contributed by atoms with Crippen LogP contribution in [0.4, 0.5) is 0 Å². The van der Waals surface area contributed by atoms with Crippen LogP contribution >= 0.6 is 0 Å². The van der Waals surface area contributed by atoms with Crippen LogP contribution in [-0.2, 0) is 0 Å². The zero-order valence-corrected chi connectivity index (χ0v) is 6.05. The Hall–Kier alpha value is -1.36. The first kappa shape index (κ1) is 6.76. The second kappa shape index (κ2) is 2.49.